The number of amides is 2. The molecule has 0 aliphatic heterocycles. The van der Waals surface area contributed by atoms with Crippen LogP contribution in [0.4, 0.5) is 5.69 Å². The van der Waals surface area contributed by atoms with Gasteiger partial charge in [0, 0.05) is 19.7 Å². The normalized spacial score (nSPS) is 15.7. The summed E-state index contributed by atoms with van der Waals surface area (Å²) in [7, 11) is 1.89. The molecule has 2 aromatic carbocycles. The minimum atomic E-state index is -0.0986. The zero-order valence-electron chi connectivity index (χ0n) is 14.1. The Morgan fingerprint density at radius 3 is 2.54 bits per heavy atom. The maximum absolute atomic E-state index is 12.6. The lowest BCUT2D eigenvalue weighted by molar-refractivity contribution is -0.131. The molecule has 2 amide bonds. The van der Waals surface area contributed by atoms with E-state index in [0.717, 1.165) is 24.1 Å². The van der Waals surface area contributed by atoms with Crippen molar-refractivity contribution in [3.8, 4) is 0 Å². The standard InChI is InChI=1S/C20H22N2O2/c1-14(23)21-17-10-7-15(8-11-17)13-20(24)22(2)19-12-9-16-5-3-4-6-18(16)19/h3-8,10-11,19H,9,12-13H2,1-2H3,(H,21,23). The third-order valence-electron chi connectivity index (χ3n) is 4.59. The molecule has 4 heteroatoms. The van der Waals surface area contributed by atoms with Crippen LogP contribution in [-0.2, 0) is 22.4 Å². The van der Waals surface area contributed by atoms with Crippen LogP contribution in [0, 0.1) is 0 Å². The third-order valence-corrected chi connectivity index (χ3v) is 4.59. The smallest absolute Gasteiger partial charge is 0.227 e. The second-order valence-electron chi connectivity index (χ2n) is 6.31. The van der Waals surface area contributed by atoms with Crippen LogP contribution in [0.3, 0.4) is 0 Å². The summed E-state index contributed by atoms with van der Waals surface area (Å²) in [5.74, 6) is 0.0161. The van der Waals surface area contributed by atoms with Gasteiger partial charge < -0.3 is 10.2 Å². The molecule has 0 aromatic heterocycles. The fourth-order valence-corrected chi connectivity index (χ4v) is 3.32. The summed E-state index contributed by atoms with van der Waals surface area (Å²) >= 11 is 0. The number of carbonyl (C=O) groups is 2. The van der Waals surface area contributed by atoms with Crippen molar-refractivity contribution in [2.45, 2.75) is 32.2 Å². The Kier molecular flexibility index (Phi) is 4.65. The maximum Gasteiger partial charge on any atom is 0.227 e. The van der Waals surface area contributed by atoms with Crippen molar-refractivity contribution >= 4 is 17.5 Å². The van der Waals surface area contributed by atoms with Crippen LogP contribution in [0.15, 0.2) is 48.5 Å². The van der Waals surface area contributed by atoms with E-state index in [-0.39, 0.29) is 17.9 Å². The Balaban J connectivity index is 1.66. The Morgan fingerprint density at radius 2 is 1.83 bits per heavy atom. The lowest BCUT2D eigenvalue weighted by atomic mass is 10.1. The van der Waals surface area contributed by atoms with Crippen LogP contribution in [0.2, 0.25) is 0 Å². The molecule has 1 atom stereocenters. The van der Waals surface area contributed by atoms with E-state index in [9.17, 15) is 9.59 Å². The Hall–Kier alpha value is -2.62. The number of hydrogen-bond acceptors (Lipinski definition) is 2. The van der Waals surface area contributed by atoms with E-state index in [1.807, 2.05) is 42.3 Å². The quantitative estimate of drug-likeness (QED) is 0.938. The second kappa shape index (κ2) is 6.87. The largest absolute Gasteiger partial charge is 0.338 e. The number of nitrogens with zero attached hydrogens (tertiary/aromatic N) is 1. The molecule has 0 radical (unpaired) electrons. The van der Waals surface area contributed by atoms with Crippen molar-refractivity contribution in [3.05, 3.63) is 65.2 Å². The van der Waals surface area contributed by atoms with Gasteiger partial charge in [0.25, 0.3) is 0 Å². The van der Waals surface area contributed by atoms with Crippen LogP contribution in [0.25, 0.3) is 0 Å². The van der Waals surface area contributed by atoms with Crippen molar-refractivity contribution in [2.24, 2.45) is 0 Å². The molecule has 1 unspecified atom stereocenters. The monoisotopic (exact) mass is 322 g/mol. The first-order chi connectivity index (χ1) is 11.5. The molecule has 0 saturated heterocycles. The summed E-state index contributed by atoms with van der Waals surface area (Å²) in [5.41, 5.74) is 4.32. The summed E-state index contributed by atoms with van der Waals surface area (Å²) in [4.78, 5) is 25.5. The molecule has 1 N–H and O–H groups in total. The van der Waals surface area contributed by atoms with E-state index in [2.05, 4.69) is 23.5 Å². The molecule has 2 aromatic rings. The highest BCUT2D eigenvalue weighted by Crippen LogP contribution is 2.35. The topological polar surface area (TPSA) is 49.4 Å². The number of carbonyl (C=O) groups excluding carboxylic acids is 2. The fourth-order valence-electron chi connectivity index (χ4n) is 3.32. The number of anilines is 1. The number of likely N-dealkylation sites (N-methyl/N-ethyl adjacent to an activating group) is 1. The molecule has 4 nitrogen and oxygen atoms in total. The first-order valence-corrected chi connectivity index (χ1v) is 8.24. The van der Waals surface area contributed by atoms with Crippen molar-refractivity contribution in [1.82, 2.24) is 4.90 Å². The molecule has 1 aliphatic rings. The van der Waals surface area contributed by atoms with E-state index in [1.54, 1.807) is 0 Å². The Bertz CT molecular complexity index is 752. The van der Waals surface area contributed by atoms with Gasteiger partial charge in [0.05, 0.1) is 12.5 Å². The van der Waals surface area contributed by atoms with E-state index in [1.165, 1.54) is 18.1 Å². The molecule has 0 spiro atoms. The Morgan fingerprint density at radius 1 is 1.12 bits per heavy atom. The second-order valence-corrected chi connectivity index (χ2v) is 6.31. The van der Waals surface area contributed by atoms with E-state index in [4.69, 9.17) is 0 Å². The number of benzene rings is 2. The van der Waals surface area contributed by atoms with Crippen molar-refractivity contribution < 1.29 is 9.59 Å². The minimum Gasteiger partial charge on any atom is -0.338 e. The van der Waals surface area contributed by atoms with Gasteiger partial charge in [-0.1, -0.05) is 36.4 Å². The van der Waals surface area contributed by atoms with Gasteiger partial charge in [-0.3, -0.25) is 9.59 Å². The molecule has 0 fully saturated rings. The minimum absolute atomic E-state index is 0.0986. The molecular formula is C20H22N2O2. The highest BCUT2D eigenvalue weighted by Gasteiger charge is 2.28. The fraction of sp³-hybridized carbons (Fsp3) is 0.300. The summed E-state index contributed by atoms with van der Waals surface area (Å²) in [5, 5.41) is 2.73. The van der Waals surface area contributed by atoms with Crippen molar-refractivity contribution in [2.75, 3.05) is 12.4 Å². The Labute approximate surface area is 142 Å². The van der Waals surface area contributed by atoms with Crippen LogP contribution in [0.1, 0.15) is 36.1 Å². The van der Waals surface area contributed by atoms with Crippen molar-refractivity contribution in [1.29, 1.82) is 0 Å². The van der Waals surface area contributed by atoms with Crippen LogP contribution < -0.4 is 5.32 Å². The number of fused-ring (bicyclic) bond motifs is 1. The van der Waals surface area contributed by atoms with Gasteiger partial charge in [-0.15, -0.1) is 0 Å². The van der Waals surface area contributed by atoms with E-state index in [0.29, 0.717) is 6.42 Å². The zero-order valence-corrected chi connectivity index (χ0v) is 14.1. The molecule has 24 heavy (non-hydrogen) atoms. The van der Waals surface area contributed by atoms with E-state index >= 15 is 0 Å². The van der Waals surface area contributed by atoms with Gasteiger partial charge in [0.2, 0.25) is 11.8 Å². The number of rotatable bonds is 4. The maximum atomic E-state index is 12.6. The zero-order chi connectivity index (χ0) is 17.1. The molecular weight excluding hydrogens is 300 g/mol. The highest BCUT2D eigenvalue weighted by atomic mass is 16.2. The number of aryl methyl sites for hydroxylation is 1. The lowest BCUT2D eigenvalue weighted by Crippen LogP contribution is -2.31. The summed E-state index contributed by atoms with van der Waals surface area (Å²) in [6.07, 6.45) is 2.39. The predicted molar refractivity (Wildman–Crippen MR) is 94.7 cm³/mol. The van der Waals surface area contributed by atoms with Crippen molar-refractivity contribution in [3.63, 3.8) is 0 Å². The average molecular weight is 322 g/mol. The SMILES string of the molecule is CC(=O)Nc1ccc(CC(=O)N(C)C2CCc3ccccc32)cc1. The summed E-state index contributed by atoms with van der Waals surface area (Å²) < 4.78 is 0. The van der Waals surface area contributed by atoms with Gasteiger partial charge in [-0.25, -0.2) is 0 Å². The molecule has 0 saturated carbocycles. The van der Waals surface area contributed by atoms with Gasteiger partial charge in [0.1, 0.15) is 0 Å². The molecule has 3 rings (SSSR count). The molecule has 124 valence electrons. The van der Waals surface area contributed by atoms with Crippen LogP contribution in [0.5, 0.6) is 0 Å². The predicted octanol–water partition coefficient (Wildman–Crippen LogP) is 3.33. The number of nitrogens with one attached hydrogen (secondary N) is 1. The first kappa shape index (κ1) is 16.2. The van der Waals surface area contributed by atoms with Crippen LogP contribution in [-0.4, -0.2) is 23.8 Å². The highest BCUT2D eigenvalue weighted by molar-refractivity contribution is 5.88. The first-order valence-electron chi connectivity index (χ1n) is 8.24. The average Bonchev–Trinajstić information content (AvgIpc) is 2.99. The van der Waals surface area contributed by atoms with Gasteiger partial charge in [-0.05, 0) is 41.7 Å². The third kappa shape index (κ3) is 3.48. The molecule has 0 heterocycles. The van der Waals surface area contributed by atoms with Gasteiger partial charge in [0.15, 0.2) is 0 Å². The van der Waals surface area contributed by atoms with Gasteiger partial charge in [-0.2, -0.15) is 0 Å². The molecule has 0 bridgehead atoms. The summed E-state index contributed by atoms with van der Waals surface area (Å²) in [6.45, 7) is 1.48. The lowest BCUT2D eigenvalue weighted by Gasteiger charge is -2.25. The number of hydrogen-bond donors (Lipinski definition) is 1. The summed E-state index contributed by atoms with van der Waals surface area (Å²) in [6, 6.07) is 16.0. The van der Waals surface area contributed by atoms with E-state index < -0.39 is 0 Å². The molecule has 1 aliphatic carbocycles. The van der Waals surface area contributed by atoms with Gasteiger partial charge >= 0.3 is 0 Å². The van der Waals surface area contributed by atoms with Crippen LogP contribution >= 0.6 is 0 Å².